The molecule has 86 valence electrons. The molecular weight excluding hydrogens is 210 g/mol. The second-order valence-corrected chi connectivity index (χ2v) is 6.51. The van der Waals surface area contributed by atoms with Crippen molar-refractivity contribution in [3.05, 3.63) is 0 Å². The van der Waals surface area contributed by atoms with Crippen molar-refractivity contribution in [2.75, 3.05) is 12.4 Å². The van der Waals surface area contributed by atoms with E-state index in [4.69, 9.17) is 10.00 Å². The first kappa shape index (κ1) is 12.7. The average Bonchev–Trinajstić information content (AvgIpc) is 2.61. The van der Waals surface area contributed by atoms with Crippen LogP contribution >= 0.6 is 0 Å². The van der Waals surface area contributed by atoms with Crippen LogP contribution in [0.25, 0.3) is 0 Å². The minimum Gasteiger partial charge on any atom is -0.377 e. The minimum atomic E-state index is -0.850. The predicted molar refractivity (Wildman–Crippen MR) is 60.8 cm³/mol. The minimum absolute atomic E-state index is 0.107. The molecule has 0 aromatic rings. The number of ether oxygens (including phenoxy) is 1. The van der Waals surface area contributed by atoms with Gasteiger partial charge in [-0.2, -0.15) is 5.26 Å². The maximum Gasteiger partial charge on any atom is 0.0691 e. The first-order valence-corrected chi connectivity index (χ1v) is 6.74. The number of rotatable bonds is 4. The van der Waals surface area contributed by atoms with Gasteiger partial charge in [-0.05, 0) is 33.6 Å². The lowest BCUT2D eigenvalue weighted by Gasteiger charge is -2.18. The Labute approximate surface area is 94.3 Å². The van der Waals surface area contributed by atoms with Gasteiger partial charge in [-0.15, -0.1) is 0 Å². The molecule has 1 fully saturated rings. The van der Waals surface area contributed by atoms with Gasteiger partial charge in [0.15, 0.2) is 0 Å². The van der Waals surface area contributed by atoms with Crippen molar-refractivity contribution in [1.82, 2.24) is 0 Å². The Morgan fingerprint density at radius 1 is 1.60 bits per heavy atom. The zero-order valence-corrected chi connectivity index (χ0v) is 10.5. The van der Waals surface area contributed by atoms with Crippen LogP contribution in [0.4, 0.5) is 0 Å². The highest BCUT2D eigenvalue weighted by Crippen LogP contribution is 2.23. The van der Waals surface area contributed by atoms with E-state index in [0.717, 1.165) is 13.0 Å². The van der Waals surface area contributed by atoms with Gasteiger partial charge >= 0.3 is 0 Å². The van der Waals surface area contributed by atoms with Crippen LogP contribution in [0, 0.1) is 16.7 Å². The zero-order chi connectivity index (χ0) is 11.5. The lowest BCUT2D eigenvalue weighted by molar-refractivity contribution is 0.127. The molecule has 0 amide bonds. The molecule has 1 aliphatic heterocycles. The quantitative estimate of drug-likeness (QED) is 0.739. The molecule has 1 heterocycles. The lowest BCUT2D eigenvalue weighted by Crippen LogP contribution is -2.26. The highest BCUT2D eigenvalue weighted by molar-refractivity contribution is 7.85. The van der Waals surface area contributed by atoms with Gasteiger partial charge in [-0.25, -0.2) is 0 Å². The van der Waals surface area contributed by atoms with Crippen molar-refractivity contribution in [2.45, 2.75) is 45.0 Å². The first-order valence-electron chi connectivity index (χ1n) is 5.36. The number of hydrogen-bond donors (Lipinski definition) is 0. The van der Waals surface area contributed by atoms with Gasteiger partial charge in [0.2, 0.25) is 0 Å². The van der Waals surface area contributed by atoms with Crippen LogP contribution < -0.4 is 0 Å². The van der Waals surface area contributed by atoms with Crippen molar-refractivity contribution < 1.29 is 8.95 Å². The van der Waals surface area contributed by atoms with Gasteiger partial charge in [0, 0.05) is 23.2 Å². The van der Waals surface area contributed by atoms with Gasteiger partial charge in [0.25, 0.3) is 0 Å². The van der Waals surface area contributed by atoms with Crippen LogP contribution in [0.1, 0.15) is 33.6 Å². The zero-order valence-electron chi connectivity index (χ0n) is 9.66. The van der Waals surface area contributed by atoms with Crippen molar-refractivity contribution >= 4 is 10.8 Å². The summed E-state index contributed by atoms with van der Waals surface area (Å²) in [7, 11) is -0.850. The summed E-state index contributed by atoms with van der Waals surface area (Å²) in [5.41, 5.74) is -0.363. The second-order valence-electron chi connectivity index (χ2n) is 4.73. The van der Waals surface area contributed by atoms with Crippen LogP contribution in [-0.2, 0) is 15.5 Å². The summed E-state index contributed by atoms with van der Waals surface area (Å²) in [5.74, 6) is 0.610. The summed E-state index contributed by atoms with van der Waals surface area (Å²) in [6, 6.07) is 2.23. The Bertz CT molecular complexity index is 283. The normalized spacial score (nSPS) is 28.7. The third kappa shape index (κ3) is 3.58. The molecular formula is C11H19NO2S. The first-order chi connectivity index (χ1) is 6.96. The molecule has 0 aromatic carbocycles. The Balaban J connectivity index is 2.40. The molecule has 0 bridgehead atoms. The van der Waals surface area contributed by atoms with E-state index >= 15 is 0 Å². The van der Waals surface area contributed by atoms with Crippen molar-refractivity contribution in [3.8, 4) is 6.07 Å². The van der Waals surface area contributed by atoms with Gasteiger partial charge in [-0.3, -0.25) is 4.21 Å². The van der Waals surface area contributed by atoms with Crippen molar-refractivity contribution in [1.29, 1.82) is 5.26 Å². The molecule has 15 heavy (non-hydrogen) atoms. The van der Waals surface area contributed by atoms with E-state index in [1.807, 2.05) is 20.8 Å². The van der Waals surface area contributed by atoms with Crippen molar-refractivity contribution in [3.63, 3.8) is 0 Å². The second kappa shape index (κ2) is 5.09. The van der Waals surface area contributed by atoms with Crippen LogP contribution in [0.15, 0.2) is 0 Å². The summed E-state index contributed by atoms with van der Waals surface area (Å²) in [6.07, 6.45) is 1.69. The molecule has 0 saturated carbocycles. The molecule has 3 nitrogen and oxygen atoms in total. The fourth-order valence-electron chi connectivity index (χ4n) is 1.62. The topological polar surface area (TPSA) is 50.1 Å². The summed E-state index contributed by atoms with van der Waals surface area (Å²) < 4.78 is 17.3. The Morgan fingerprint density at radius 3 is 2.73 bits per heavy atom. The lowest BCUT2D eigenvalue weighted by atomic mass is 9.93. The number of nitrogens with zero attached hydrogens (tertiary/aromatic N) is 1. The van der Waals surface area contributed by atoms with E-state index in [-0.39, 0.29) is 16.8 Å². The largest absolute Gasteiger partial charge is 0.377 e. The monoisotopic (exact) mass is 229 g/mol. The molecule has 1 saturated heterocycles. The molecule has 0 aromatic heterocycles. The summed E-state index contributed by atoms with van der Waals surface area (Å²) in [5, 5.41) is 9.02. The molecule has 4 heteroatoms. The number of hydrogen-bond acceptors (Lipinski definition) is 3. The third-order valence-electron chi connectivity index (χ3n) is 2.88. The summed E-state index contributed by atoms with van der Waals surface area (Å²) in [4.78, 5) is 0. The van der Waals surface area contributed by atoms with Gasteiger partial charge in [0.1, 0.15) is 0 Å². The van der Waals surface area contributed by atoms with Crippen LogP contribution in [0.3, 0.4) is 0 Å². The molecule has 1 aliphatic rings. The third-order valence-corrected chi connectivity index (χ3v) is 4.78. The van der Waals surface area contributed by atoms with Crippen LogP contribution in [0.2, 0.25) is 0 Å². The number of nitriles is 1. The highest BCUT2D eigenvalue weighted by Gasteiger charge is 2.30. The standard InChI is InChI=1S/C11H19NO2S/c1-9-10(4-6-14-9)15(13)7-5-11(2,3)8-12/h9-10H,4-7H2,1-3H3. The van der Waals surface area contributed by atoms with Gasteiger partial charge in [-0.1, -0.05) is 0 Å². The Hall–Kier alpha value is -0.400. The molecule has 0 spiro atoms. The van der Waals surface area contributed by atoms with E-state index in [9.17, 15) is 4.21 Å². The van der Waals surface area contributed by atoms with Crippen LogP contribution in [-0.4, -0.2) is 27.9 Å². The molecule has 0 radical (unpaired) electrons. The molecule has 3 unspecified atom stereocenters. The smallest absolute Gasteiger partial charge is 0.0691 e. The Kier molecular flexibility index (Phi) is 4.30. The van der Waals surface area contributed by atoms with Crippen LogP contribution in [0.5, 0.6) is 0 Å². The molecule has 0 N–H and O–H groups in total. The predicted octanol–water partition coefficient (Wildman–Crippen LogP) is 1.85. The maximum absolute atomic E-state index is 11.9. The Morgan fingerprint density at radius 2 is 2.27 bits per heavy atom. The maximum atomic E-state index is 11.9. The summed E-state index contributed by atoms with van der Waals surface area (Å²) >= 11 is 0. The molecule has 1 rings (SSSR count). The summed E-state index contributed by atoms with van der Waals surface area (Å²) in [6.45, 7) is 6.47. The van der Waals surface area contributed by atoms with E-state index in [2.05, 4.69) is 6.07 Å². The van der Waals surface area contributed by atoms with Gasteiger partial charge < -0.3 is 4.74 Å². The fraction of sp³-hybridized carbons (Fsp3) is 0.909. The van der Waals surface area contributed by atoms with Gasteiger partial charge in [0.05, 0.1) is 22.8 Å². The van der Waals surface area contributed by atoms with E-state index in [1.54, 1.807) is 0 Å². The fourth-order valence-corrected chi connectivity index (χ4v) is 3.50. The van der Waals surface area contributed by atoms with E-state index in [0.29, 0.717) is 12.2 Å². The highest BCUT2D eigenvalue weighted by atomic mass is 32.2. The van der Waals surface area contributed by atoms with Crippen molar-refractivity contribution in [2.24, 2.45) is 5.41 Å². The molecule has 3 atom stereocenters. The van der Waals surface area contributed by atoms with E-state index < -0.39 is 10.8 Å². The molecule has 0 aliphatic carbocycles. The average molecular weight is 229 g/mol. The van der Waals surface area contributed by atoms with E-state index in [1.165, 1.54) is 0 Å². The SMILES string of the molecule is CC1OCCC1S(=O)CCC(C)(C)C#N.